The third-order valence-corrected chi connectivity index (χ3v) is 2.97. The Morgan fingerprint density at radius 1 is 1.50 bits per heavy atom. The fraction of sp³-hybridized carbons (Fsp3) is 1.00. The molecular weight excluding hydrogens is 206 g/mol. The average Bonchev–Trinajstić information content (AvgIpc) is 2.14. The van der Waals surface area contributed by atoms with Crippen LogP contribution in [0.15, 0.2) is 0 Å². The lowest BCUT2D eigenvalue weighted by atomic mass is 10.2. The summed E-state index contributed by atoms with van der Waals surface area (Å²) in [5, 5.41) is 8.69. The number of hydrogen-bond donors (Lipinski definition) is 2. The maximum Gasteiger partial charge on any atom is 0.213 e. The van der Waals surface area contributed by atoms with E-state index < -0.39 is 10.0 Å². The van der Waals surface area contributed by atoms with E-state index in [1.165, 1.54) is 0 Å². The molecular formula is C8H19NO4S. The summed E-state index contributed by atoms with van der Waals surface area (Å²) in [5.41, 5.74) is 0. The number of aliphatic hydroxyl groups excluding tert-OH is 1. The van der Waals surface area contributed by atoms with Gasteiger partial charge in [0.05, 0.1) is 12.4 Å². The van der Waals surface area contributed by atoms with E-state index in [-0.39, 0.29) is 31.4 Å². The lowest BCUT2D eigenvalue weighted by molar-refractivity contribution is 0.163. The molecule has 0 aliphatic rings. The first-order valence-electron chi connectivity index (χ1n) is 4.67. The van der Waals surface area contributed by atoms with Crippen LogP contribution in [-0.2, 0) is 14.8 Å². The van der Waals surface area contributed by atoms with Crippen LogP contribution in [0, 0.1) is 5.92 Å². The van der Waals surface area contributed by atoms with Gasteiger partial charge in [0.15, 0.2) is 0 Å². The number of sulfonamides is 1. The van der Waals surface area contributed by atoms with Crippen LogP contribution in [0.25, 0.3) is 0 Å². The van der Waals surface area contributed by atoms with Crippen LogP contribution in [0.1, 0.15) is 13.8 Å². The Morgan fingerprint density at radius 2 is 2.14 bits per heavy atom. The standard InChI is InChI=1S/C8H19NO4S/c1-3-13-4-5-14(11,12)9-6-8(2)7-10/h8-10H,3-7H2,1-2H3. The molecule has 6 heteroatoms. The van der Waals surface area contributed by atoms with Crippen LogP contribution in [-0.4, -0.2) is 45.6 Å². The Morgan fingerprint density at radius 3 is 2.64 bits per heavy atom. The highest BCUT2D eigenvalue weighted by molar-refractivity contribution is 7.89. The normalized spacial score (nSPS) is 14.2. The summed E-state index contributed by atoms with van der Waals surface area (Å²) < 4.78 is 29.8. The van der Waals surface area contributed by atoms with Crippen molar-refractivity contribution in [3.63, 3.8) is 0 Å². The van der Waals surface area contributed by atoms with Gasteiger partial charge < -0.3 is 9.84 Å². The Hall–Kier alpha value is -0.170. The van der Waals surface area contributed by atoms with Crippen LogP contribution < -0.4 is 4.72 Å². The van der Waals surface area contributed by atoms with Gasteiger partial charge in [0, 0.05) is 19.8 Å². The third kappa shape index (κ3) is 7.25. The molecule has 2 N–H and O–H groups in total. The van der Waals surface area contributed by atoms with Gasteiger partial charge in [0.25, 0.3) is 0 Å². The van der Waals surface area contributed by atoms with Crippen molar-refractivity contribution in [3.8, 4) is 0 Å². The summed E-state index contributed by atoms with van der Waals surface area (Å²) in [6.45, 7) is 4.56. The van der Waals surface area contributed by atoms with Gasteiger partial charge in [-0.1, -0.05) is 6.92 Å². The summed E-state index contributed by atoms with van der Waals surface area (Å²) in [4.78, 5) is 0. The first kappa shape index (κ1) is 13.8. The van der Waals surface area contributed by atoms with Crippen molar-refractivity contribution in [1.29, 1.82) is 0 Å². The molecule has 0 aromatic carbocycles. The predicted octanol–water partition coefficient (Wildman–Crippen LogP) is -0.429. The van der Waals surface area contributed by atoms with E-state index in [2.05, 4.69) is 4.72 Å². The Labute approximate surface area is 85.5 Å². The van der Waals surface area contributed by atoms with Crippen molar-refractivity contribution in [2.24, 2.45) is 5.92 Å². The lowest BCUT2D eigenvalue weighted by Gasteiger charge is -2.10. The summed E-state index contributed by atoms with van der Waals surface area (Å²) in [5.74, 6) is -0.0872. The second-order valence-corrected chi connectivity index (χ2v) is 5.08. The molecule has 0 aromatic rings. The molecule has 1 unspecified atom stereocenters. The van der Waals surface area contributed by atoms with Crippen LogP contribution in [0.4, 0.5) is 0 Å². The zero-order valence-electron chi connectivity index (χ0n) is 8.69. The van der Waals surface area contributed by atoms with Gasteiger partial charge >= 0.3 is 0 Å². The molecule has 0 rings (SSSR count). The molecule has 5 nitrogen and oxygen atoms in total. The maximum atomic E-state index is 11.3. The molecule has 0 aliphatic carbocycles. The molecule has 0 heterocycles. The molecule has 0 spiro atoms. The quantitative estimate of drug-likeness (QED) is 0.550. The van der Waals surface area contributed by atoms with E-state index in [1.54, 1.807) is 6.92 Å². The van der Waals surface area contributed by atoms with E-state index in [0.29, 0.717) is 6.61 Å². The van der Waals surface area contributed by atoms with E-state index in [1.807, 2.05) is 6.92 Å². The van der Waals surface area contributed by atoms with Crippen LogP contribution in [0.2, 0.25) is 0 Å². The lowest BCUT2D eigenvalue weighted by Crippen LogP contribution is -2.32. The van der Waals surface area contributed by atoms with Crippen molar-refractivity contribution in [2.45, 2.75) is 13.8 Å². The highest BCUT2D eigenvalue weighted by Gasteiger charge is 2.10. The third-order valence-electron chi connectivity index (χ3n) is 1.66. The number of nitrogens with one attached hydrogen (secondary N) is 1. The summed E-state index contributed by atoms with van der Waals surface area (Å²) in [7, 11) is -3.25. The van der Waals surface area contributed by atoms with Gasteiger partial charge in [-0.25, -0.2) is 13.1 Å². The molecule has 0 aliphatic heterocycles. The molecule has 14 heavy (non-hydrogen) atoms. The highest BCUT2D eigenvalue weighted by atomic mass is 32.2. The molecule has 0 saturated carbocycles. The first-order valence-corrected chi connectivity index (χ1v) is 6.33. The SMILES string of the molecule is CCOCCS(=O)(=O)NCC(C)CO. The molecule has 0 bridgehead atoms. The number of rotatable bonds is 8. The molecule has 1 atom stereocenters. The largest absolute Gasteiger partial charge is 0.396 e. The Balaban J connectivity index is 3.73. The number of aliphatic hydroxyl groups is 1. The van der Waals surface area contributed by atoms with Gasteiger partial charge in [0.1, 0.15) is 0 Å². The first-order chi connectivity index (χ1) is 6.52. The molecule has 86 valence electrons. The maximum absolute atomic E-state index is 11.3. The van der Waals surface area contributed by atoms with Crippen LogP contribution in [0.3, 0.4) is 0 Å². The fourth-order valence-electron chi connectivity index (χ4n) is 0.719. The second-order valence-electron chi connectivity index (χ2n) is 3.15. The average molecular weight is 225 g/mol. The summed E-state index contributed by atoms with van der Waals surface area (Å²) in [6, 6.07) is 0. The van der Waals surface area contributed by atoms with Crippen molar-refractivity contribution in [3.05, 3.63) is 0 Å². The van der Waals surface area contributed by atoms with Crippen molar-refractivity contribution in [2.75, 3.05) is 32.1 Å². The minimum absolute atomic E-state index is 0.0199. The van der Waals surface area contributed by atoms with Gasteiger partial charge in [-0.05, 0) is 12.8 Å². The molecule has 0 aromatic heterocycles. The van der Waals surface area contributed by atoms with Crippen molar-refractivity contribution >= 4 is 10.0 Å². The smallest absolute Gasteiger partial charge is 0.213 e. The molecule has 0 saturated heterocycles. The predicted molar refractivity (Wildman–Crippen MR) is 54.5 cm³/mol. The summed E-state index contributed by atoms with van der Waals surface area (Å²) >= 11 is 0. The zero-order valence-corrected chi connectivity index (χ0v) is 9.51. The fourth-order valence-corrected chi connectivity index (χ4v) is 1.74. The molecule has 0 radical (unpaired) electrons. The van der Waals surface area contributed by atoms with Crippen molar-refractivity contribution in [1.82, 2.24) is 4.72 Å². The van der Waals surface area contributed by atoms with E-state index in [9.17, 15) is 8.42 Å². The zero-order chi connectivity index (χ0) is 11.0. The van der Waals surface area contributed by atoms with Crippen LogP contribution in [0.5, 0.6) is 0 Å². The van der Waals surface area contributed by atoms with Crippen LogP contribution >= 0.6 is 0 Å². The molecule has 0 amide bonds. The van der Waals surface area contributed by atoms with Gasteiger partial charge in [0.2, 0.25) is 10.0 Å². The summed E-state index contributed by atoms with van der Waals surface area (Å²) in [6.07, 6.45) is 0. The minimum Gasteiger partial charge on any atom is -0.396 e. The van der Waals surface area contributed by atoms with Gasteiger partial charge in [-0.2, -0.15) is 0 Å². The topological polar surface area (TPSA) is 75.6 Å². The minimum atomic E-state index is -3.25. The monoisotopic (exact) mass is 225 g/mol. The Bertz CT molecular complexity index is 227. The number of hydrogen-bond acceptors (Lipinski definition) is 4. The van der Waals surface area contributed by atoms with E-state index >= 15 is 0 Å². The Kier molecular flexibility index (Phi) is 7.08. The second kappa shape index (κ2) is 7.17. The van der Waals surface area contributed by atoms with Crippen molar-refractivity contribution < 1.29 is 18.3 Å². The van der Waals surface area contributed by atoms with Gasteiger partial charge in [-0.3, -0.25) is 0 Å². The highest BCUT2D eigenvalue weighted by Crippen LogP contribution is 1.92. The van der Waals surface area contributed by atoms with Gasteiger partial charge in [-0.15, -0.1) is 0 Å². The van der Waals surface area contributed by atoms with E-state index in [4.69, 9.17) is 9.84 Å². The molecule has 0 fully saturated rings. The van der Waals surface area contributed by atoms with E-state index in [0.717, 1.165) is 0 Å². The number of ether oxygens (including phenoxy) is 1.